The first-order chi connectivity index (χ1) is 12.3. The van der Waals surface area contributed by atoms with Crippen molar-refractivity contribution in [2.75, 3.05) is 7.11 Å². The minimum atomic E-state index is -0.573. The van der Waals surface area contributed by atoms with E-state index in [1.807, 2.05) is 17.5 Å². The van der Waals surface area contributed by atoms with Gasteiger partial charge in [0.05, 0.1) is 12.0 Å². The number of hydrogen-bond donors (Lipinski definition) is 0. The summed E-state index contributed by atoms with van der Waals surface area (Å²) in [5, 5.41) is 1.86. The van der Waals surface area contributed by atoms with Gasteiger partial charge in [0.25, 0.3) is 5.56 Å². The van der Waals surface area contributed by atoms with E-state index < -0.39 is 22.5 Å². The molecule has 0 aliphatic carbocycles. The van der Waals surface area contributed by atoms with Crippen molar-refractivity contribution in [3.63, 3.8) is 0 Å². The monoisotopic (exact) mass is 392 g/mol. The average molecular weight is 392 g/mol. The van der Waals surface area contributed by atoms with Crippen molar-refractivity contribution in [3.8, 4) is 10.7 Å². The summed E-state index contributed by atoms with van der Waals surface area (Å²) in [5.74, 6) is -0.0311. The smallest absolute Gasteiger partial charge is 0.332 e. The summed E-state index contributed by atoms with van der Waals surface area (Å²) in [7, 11) is 4.25. The zero-order valence-corrected chi connectivity index (χ0v) is 16.2. The lowest BCUT2D eigenvalue weighted by Crippen LogP contribution is -2.37. The molecule has 0 spiro atoms. The molecule has 0 aliphatic rings. The van der Waals surface area contributed by atoms with Crippen LogP contribution in [0.15, 0.2) is 32.1 Å². The maximum atomic E-state index is 12.7. The first-order valence-corrected chi connectivity index (χ1v) is 9.37. The summed E-state index contributed by atoms with van der Waals surface area (Å²) in [5.41, 5.74) is -0.744. The van der Waals surface area contributed by atoms with Crippen LogP contribution in [-0.4, -0.2) is 37.4 Å². The van der Waals surface area contributed by atoms with Crippen molar-refractivity contribution in [3.05, 3.63) is 38.4 Å². The molecule has 8 nitrogen and oxygen atoms in total. The van der Waals surface area contributed by atoms with Crippen LogP contribution in [-0.2, 0) is 23.6 Å². The van der Waals surface area contributed by atoms with Crippen molar-refractivity contribution in [1.29, 1.82) is 0 Å². The van der Waals surface area contributed by atoms with Crippen LogP contribution in [0.3, 0.4) is 0 Å². The highest BCUT2D eigenvalue weighted by Crippen LogP contribution is 2.30. The Labute approximate surface area is 156 Å². The fourth-order valence-electron chi connectivity index (χ4n) is 2.41. The summed E-state index contributed by atoms with van der Waals surface area (Å²) in [4.78, 5) is 46.5. The van der Waals surface area contributed by atoms with E-state index in [1.54, 1.807) is 14.0 Å². The number of fused-ring (bicyclic) bond motifs is 1. The molecule has 0 unspecified atom stereocenters. The topological polar surface area (TPSA) is 96.1 Å². The molecule has 26 heavy (non-hydrogen) atoms. The van der Waals surface area contributed by atoms with E-state index in [-0.39, 0.29) is 11.0 Å². The molecular weight excluding hydrogens is 376 g/mol. The fourth-order valence-corrected chi connectivity index (χ4v) is 4.03. The molecule has 0 saturated carbocycles. The van der Waals surface area contributed by atoms with Crippen LogP contribution >= 0.6 is 23.1 Å². The Balaban J connectivity index is 2.34. The predicted octanol–water partition coefficient (Wildman–Crippen LogP) is 1.41. The first-order valence-electron chi connectivity index (χ1n) is 7.61. The molecule has 0 fully saturated rings. The lowest BCUT2D eigenvalue weighted by molar-refractivity contribution is -0.139. The van der Waals surface area contributed by atoms with Crippen LogP contribution in [0, 0.1) is 0 Å². The largest absolute Gasteiger partial charge is 0.468 e. The SMILES string of the molecule is COC(=O)[C@H](C)Sc1nc(-c2cccs2)nc2c1c(=O)n(C)c(=O)n2C. The van der Waals surface area contributed by atoms with Crippen molar-refractivity contribution >= 4 is 40.1 Å². The van der Waals surface area contributed by atoms with E-state index in [0.717, 1.165) is 21.2 Å². The Morgan fingerprint density at radius 1 is 1.27 bits per heavy atom. The number of ether oxygens (including phenoxy) is 1. The molecule has 3 rings (SSSR count). The fraction of sp³-hybridized carbons (Fsp3) is 0.312. The molecule has 0 N–H and O–H groups in total. The van der Waals surface area contributed by atoms with Crippen LogP contribution in [0.5, 0.6) is 0 Å². The van der Waals surface area contributed by atoms with Gasteiger partial charge in [-0.25, -0.2) is 14.8 Å². The number of rotatable bonds is 4. The summed E-state index contributed by atoms with van der Waals surface area (Å²) < 4.78 is 7.07. The highest BCUT2D eigenvalue weighted by Gasteiger charge is 2.23. The Bertz CT molecular complexity index is 1100. The third-order valence-electron chi connectivity index (χ3n) is 3.83. The lowest BCUT2D eigenvalue weighted by atomic mass is 10.3. The summed E-state index contributed by atoms with van der Waals surface area (Å²) in [6.07, 6.45) is 0. The van der Waals surface area contributed by atoms with Gasteiger partial charge < -0.3 is 4.74 Å². The Kier molecular flexibility index (Phi) is 4.97. The molecule has 0 saturated heterocycles. The highest BCUT2D eigenvalue weighted by molar-refractivity contribution is 8.00. The van der Waals surface area contributed by atoms with Gasteiger partial charge in [0, 0.05) is 14.1 Å². The van der Waals surface area contributed by atoms with Gasteiger partial charge in [-0.15, -0.1) is 11.3 Å². The van der Waals surface area contributed by atoms with Crippen LogP contribution in [0.1, 0.15) is 6.92 Å². The molecule has 1 atom stereocenters. The third kappa shape index (κ3) is 3.06. The van der Waals surface area contributed by atoms with Gasteiger partial charge >= 0.3 is 11.7 Å². The van der Waals surface area contributed by atoms with Crippen LogP contribution in [0.25, 0.3) is 21.7 Å². The molecule has 0 bridgehead atoms. The molecule has 3 aromatic heterocycles. The van der Waals surface area contributed by atoms with Crippen molar-refractivity contribution < 1.29 is 9.53 Å². The predicted molar refractivity (Wildman–Crippen MR) is 101 cm³/mol. The maximum absolute atomic E-state index is 12.7. The zero-order chi connectivity index (χ0) is 19.0. The van der Waals surface area contributed by atoms with E-state index in [1.165, 1.54) is 30.1 Å². The van der Waals surface area contributed by atoms with Gasteiger partial charge in [-0.05, 0) is 18.4 Å². The Hall–Kier alpha value is -2.46. The normalized spacial score (nSPS) is 12.3. The molecule has 136 valence electrons. The summed E-state index contributed by atoms with van der Waals surface area (Å²) in [6, 6.07) is 3.71. The van der Waals surface area contributed by atoms with Gasteiger partial charge in [-0.2, -0.15) is 0 Å². The molecule has 3 heterocycles. The van der Waals surface area contributed by atoms with Gasteiger partial charge in [-0.1, -0.05) is 17.8 Å². The minimum absolute atomic E-state index is 0.204. The second kappa shape index (κ2) is 7.04. The van der Waals surface area contributed by atoms with Crippen LogP contribution in [0.4, 0.5) is 0 Å². The first kappa shape index (κ1) is 18.3. The second-order valence-electron chi connectivity index (χ2n) is 5.52. The minimum Gasteiger partial charge on any atom is -0.468 e. The number of thiophene rings is 1. The molecule has 0 aliphatic heterocycles. The standard InChI is InChI=1S/C16H16N4O4S2/c1-8(15(22)24-4)26-13-10-12(19(2)16(23)20(3)14(10)21)17-11(18-13)9-6-5-7-25-9/h5-8H,1-4H3/t8-/m0/s1. The number of carbonyl (C=O) groups excluding carboxylic acids is 1. The van der Waals surface area contributed by atoms with Gasteiger partial charge in [0.2, 0.25) is 0 Å². The van der Waals surface area contributed by atoms with Crippen molar-refractivity contribution in [2.24, 2.45) is 14.1 Å². The number of aromatic nitrogens is 4. The Morgan fingerprint density at radius 3 is 2.62 bits per heavy atom. The van der Waals surface area contributed by atoms with Gasteiger partial charge in [0.1, 0.15) is 15.7 Å². The molecule has 3 aromatic rings. The second-order valence-corrected chi connectivity index (χ2v) is 7.79. The molecule has 10 heteroatoms. The quantitative estimate of drug-likeness (QED) is 0.376. The maximum Gasteiger partial charge on any atom is 0.332 e. The molecule has 0 aromatic carbocycles. The number of aryl methyl sites for hydroxylation is 1. The number of carbonyl (C=O) groups is 1. The van der Waals surface area contributed by atoms with E-state index in [9.17, 15) is 14.4 Å². The van der Waals surface area contributed by atoms with Crippen LogP contribution in [0.2, 0.25) is 0 Å². The van der Waals surface area contributed by atoms with E-state index >= 15 is 0 Å². The number of esters is 1. The van der Waals surface area contributed by atoms with Gasteiger partial charge in [0.15, 0.2) is 11.5 Å². The van der Waals surface area contributed by atoms with E-state index in [4.69, 9.17) is 4.74 Å². The van der Waals surface area contributed by atoms with Crippen LogP contribution < -0.4 is 11.2 Å². The summed E-state index contributed by atoms with van der Waals surface area (Å²) in [6.45, 7) is 1.67. The van der Waals surface area contributed by atoms with Crippen molar-refractivity contribution in [1.82, 2.24) is 19.1 Å². The highest BCUT2D eigenvalue weighted by atomic mass is 32.2. The number of methoxy groups -OCH3 is 1. The van der Waals surface area contributed by atoms with E-state index in [0.29, 0.717) is 10.9 Å². The molecule has 0 radical (unpaired) electrons. The van der Waals surface area contributed by atoms with Gasteiger partial charge in [-0.3, -0.25) is 18.7 Å². The van der Waals surface area contributed by atoms with E-state index in [2.05, 4.69) is 9.97 Å². The molecular formula is C16H16N4O4S2. The summed E-state index contributed by atoms with van der Waals surface area (Å²) >= 11 is 2.55. The van der Waals surface area contributed by atoms with Crippen molar-refractivity contribution in [2.45, 2.75) is 17.2 Å². The lowest BCUT2D eigenvalue weighted by Gasteiger charge is -2.13. The number of hydrogen-bond acceptors (Lipinski definition) is 8. The average Bonchev–Trinajstić information content (AvgIpc) is 3.18. The molecule has 0 amide bonds. The number of nitrogens with zero attached hydrogens (tertiary/aromatic N) is 4. The number of thioether (sulfide) groups is 1. The Morgan fingerprint density at radius 2 is 2.00 bits per heavy atom. The third-order valence-corrected chi connectivity index (χ3v) is 5.76. The zero-order valence-electron chi connectivity index (χ0n) is 14.5.